The Hall–Kier alpha value is -0.0800. The van der Waals surface area contributed by atoms with Crippen molar-refractivity contribution >= 4 is 0 Å². The fourth-order valence-corrected chi connectivity index (χ4v) is 1.90. The molecule has 1 aliphatic rings. The second-order valence-corrected chi connectivity index (χ2v) is 5.51. The average Bonchev–Trinajstić information content (AvgIpc) is 2.44. The summed E-state index contributed by atoms with van der Waals surface area (Å²) in [7, 11) is 0. The molecule has 2 heteroatoms. The van der Waals surface area contributed by atoms with Gasteiger partial charge >= 0.3 is 0 Å². The van der Waals surface area contributed by atoms with Gasteiger partial charge in [0, 0.05) is 19.7 Å². The Bertz CT molecular complexity index is 162. The maximum Gasteiger partial charge on any atom is 0.0598 e. The number of nitrogens with zero attached hydrogens (tertiary/aromatic N) is 1. The minimum absolute atomic E-state index is 0.0261. The Morgan fingerprint density at radius 1 is 1.36 bits per heavy atom. The van der Waals surface area contributed by atoms with E-state index >= 15 is 0 Å². The lowest BCUT2D eigenvalue weighted by Gasteiger charge is -2.21. The van der Waals surface area contributed by atoms with Crippen LogP contribution in [0.4, 0.5) is 0 Å². The molecule has 0 bridgehead atoms. The predicted molar refractivity (Wildman–Crippen MR) is 60.5 cm³/mol. The number of hydrogen-bond donors (Lipinski definition) is 0. The van der Waals surface area contributed by atoms with Gasteiger partial charge in [-0.15, -0.1) is 0 Å². The van der Waals surface area contributed by atoms with E-state index in [9.17, 15) is 0 Å². The summed E-state index contributed by atoms with van der Waals surface area (Å²) < 4.78 is 5.69. The normalized spacial score (nSPS) is 24.4. The lowest BCUT2D eigenvalue weighted by atomic mass is 10.2. The Morgan fingerprint density at radius 3 is 2.57 bits per heavy atom. The lowest BCUT2D eigenvalue weighted by molar-refractivity contribution is -0.00640. The first-order valence-electron chi connectivity index (χ1n) is 5.84. The highest BCUT2D eigenvalue weighted by Crippen LogP contribution is 2.15. The third kappa shape index (κ3) is 4.97. The maximum atomic E-state index is 5.69. The Balaban J connectivity index is 1.99. The van der Waals surface area contributed by atoms with Crippen LogP contribution < -0.4 is 0 Å². The minimum atomic E-state index is 0.0261. The highest BCUT2D eigenvalue weighted by atomic mass is 16.5. The highest BCUT2D eigenvalue weighted by Gasteiger charge is 2.18. The molecular formula is C12H25NO. The molecule has 0 radical (unpaired) electrons. The third-order valence-electron chi connectivity index (χ3n) is 2.66. The van der Waals surface area contributed by atoms with Gasteiger partial charge in [-0.3, -0.25) is 0 Å². The highest BCUT2D eigenvalue weighted by molar-refractivity contribution is 4.71. The van der Waals surface area contributed by atoms with Crippen molar-refractivity contribution in [3.8, 4) is 0 Å². The van der Waals surface area contributed by atoms with Crippen molar-refractivity contribution in [1.82, 2.24) is 4.90 Å². The number of likely N-dealkylation sites (tertiary alicyclic amines) is 1. The van der Waals surface area contributed by atoms with Crippen LogP contribution in [0, 0.1) is 5.92 Å². The second kappa shape index (κ2) is 5.13. The minimum Gasteiger partial charge on any atom is -0.376 e. The molecule has 0 amide bonds. The zero-order valence-corrected chi connectivity index (χ0v) is 10.2. The second-order valence-electron chi connectivity index (χ2n) is 5.51. The third-order valence-corrected chi connectivity index (χ3v) is 2.66. The molecule has 0 aliphatic carbocycles. The van der Waals surface area contributed by atoms with Gasteiger partial charge in [0.25, 0.3) is 0 Å². The number of hydrogen-bond acceptors (Lipinski definition) is 2. The van der Waals surface area contributed by atoms with Gasteiger partial charge in [0.1, 0.15) is 0 Å². The molecule has 84 valence electrons. The van der Waals surface area contributed by atoms with Crippen LogP contribution in [0.2, 0.25) is 0 Å². The molecule has 2 nitrogen and oxygen atoms in total. The van der Waals surface area contributed by atoms with E-state index in [-0.39, 0.29) is 5.60 Å². The summed E-state index contributed by atoms with van der Waals surface area (Å²) in [5.41, 5.74) is 0.0261. The van der Waals surface area contributed by atoms with Crippen LogP contribution in [-0.4, -0.2) is 36.7 Å². The van der Waals surface area contributed by atoms with Gasteiger partial charge < -0.3 is 9.64 Å². The molecule has 14 heavy (non-hydrogen) atoms. The average molecular weight is 199 g/mol. The van der Waals surface area contributed by atoms with Gasteiger partial charge in [0.15, 0.2) is 0 Å². The first-order chi connectivity index (χ1) is 6.47. The molecule has 0 aromatic heterocycles. The van der Waals surface area contributed by atoms with Crippen LogP contribution in [0.5, 0.6) is 0 Å². The monoisotopic (exact) mass is 199 g/mol. The molecule has 1 saturated heterocycles. The zero-order chi connectivity index (χ0) is 10.6. The molecular weight excluding hydrogens is 174 g/mol. The van der Waals surface area contributed by atoms with E-state index in [1.165, 1.54) is 32.5 Å². The van der Waals surface area contributed by atoms with Crippen LogP contribution in [0.3, 0.4) is 0 Å². The quantitative estimate of drug-likeness (QED) is 0.645. The van der Waals surface area contributed by atoms with E-state index < -0.39 is 0 Å². The first-order valence-corrected chi connectivity index (χ1v) is 5.84. The molecule has 0 aromatic carbocycles. The van der Waals surface area contributed by atoms with Gasteiger partial charge in [-0.05, 0) is 46.1 Å². The maximum absolute atomic E-state index is 5.69. The fourth-order valence-electron chi connectivity index (χ4n) is 1.90. The van der Waals surface area contributed by atoms with Gasteiger partial charge in [-0.1, -0.05) is 6.92 Å². The lowest BCUT2D eigenvalue weighted by Crippen LogP contribution is -2.25. The van der Waals surface area contributed by atoms with Crippen LogP contribution in [0.15, 0.2) is 0 Å². The van der Waals surface area contributed by atoms with Gasteiger partial charge in [0.05, 0.1) is 5.60 Å². The van der Waals surface area contributed by atoms with E-state index in [1.54, 1.807) is 0 Å². The van der Waals surface area contributed by atoms with Crippen molar-refractivity contribution in [2.75, 3.05) is 26.2 Å². The van der Waals surface area contributed by atoms with E-state index in [0.29, 0.717) is 0 Å². The molecule has 1 fully saturated rings. The molecule has 1 atom stereocenters. The Kier molecular flexibility index (Phi) is 4.39. The van der Waals surface area contributed by atoms with Gasteiger partial charge in [-0.25, -0.2) is 0 Å². The molecule has 1 unspecified atom stereocenters. The van der Waals surface area contributed by atoms with Crippen molar-refractivity contribution in [3.05, 3.63) is 0 Å². The van der Waals surface area contributed by atoms with Crippen molar-refractivity contribution < 1.29 is 4.74 Å². The van der Waals surface area contributed by atoms with Crippen LogP contribution in [0.25, 0.3) is 0 Å². The van der Waals surface area contributed by atoms with E-state index in [4.69, 9.17) is 4.74 Å². The molecule has 1 rings (SSSR count). The van der Waals surface area contributed by atoms with Crippen LogP contribution >= 0.6 is 0 Å². The van der Waals surface area contributed by atoms with Gasteiger partial charge in [-0.2, -0.15) is 0 Å². The predicted octanol–water partition coefficient (Wildman–Crippen LogP) is 2.53. The van der Waals surface area contributed by atoms with E-state index in [0.717, 1.165) is 12.5 Å². The molecule has 0 aromatic rings. The number of rotatable bonds is 4. The molecule has 0 spiro atoms. The topological polar surface area (TPSA) is 12.5 Å². The summed E-state index contributed by atoms with van der Waals surface area (Å²) in [6.45, 7) is 13.4. The van der Waals surface area contributed by atoms with E-state index in [2.05, 4.69) is 32.6 Å². The van der Waals surface area contributed by atoms with E-state index in [1.807, 2.05) is 0 Å². The van der Waals surface area contributed by atoms with Crippen LogP contribution in [0.1, 0.15) is 40.5 Å². The number of ether oxygens (including phenoxy) is 1. The Morgan fingerprint density at radius 2 is 2.07 bits per heavy atom. The van der Waals surface area contributed by atoms with Crippen molar-refractivity contribution in [2.24, 2.45) is 5.92 Å². The fraction of sp³-hybridized carbons (Fsp3) is 1.00. The Labute approximate surface area is 88.6 Å². The van der Waals surface area contributed by atoms with Crippen molar-refractivity contribution in [2.45, 2.75) is 46.1 Å². The zero-order valence-electron chi connectivity index (χ0n) is 10.2. The van der Waals surface area contributed by atoms with Gasteiger partial charge in [0.2, 0.25) is 0 Å². The SMILES string of the molecule is CC1CCN(CCCOC(C)(C)C)C1. The summed E-state index contributed by atoms with van der Waals surface area (Å²) in [4.78, 5) is 2.55. The summed E-state index contributed by atoms with van der Waals surface area (Å²) >= 11 is 0. The first kappa shape index (κ1) is 12.0. The van der Waals surface area contributed by atoms with Crippen LogP contribution in [-0.2, 0) is 4.74 Å². The molecule has 1 aliphatic heterocycles. The molecule has 0 saturated carbocycles. The smallest absolute Gasteiger partial charge is 0.0598 e. The molecule has 1 heterocycles. The summed E-state index contributed by atoms with van der Waals surface area (Å²) in [5, 5.41) is 0. The summed E-state index contributed by atoms with van der Waals surface area (Å²) in [6.07, 6.45) is 2.55. The summed E-state index contributed by atoms with van der Waals surface area (Å²) in [6, 6.07) is 0. The van der Waals surface area contributed by atoms with Crippen molar-refractivity contribution in [1.29, 1.82) is 0 Å². The standard InChI is InChI=1S/C12H25NO/c1-11-6-8-13(10-11)7-5-9-14-12(2,3)4/h11H,5-10H2,1-4H3. The molecule has 0 N–H and O–H groups in total. The summed E-state index contributed by atoms with van der Waals surface area (Å²) in [5.74, 6) is 0.901. The largest absolute Gasteiger partial charge is 0.376 e. The van der Waals surface area contributed by atoms with Crippen molar-refractivity contribution in [3.63, 3.8) is 0 Å².